The maximum atomic E-state index is 11.9. The van der Waals surface area contributed by atoms with Gasteiger partial charge in [0.15, 0.2) is 0 Å². The summed E-state index contributed by atoms with van der Waals surface area (Å²) in [5.74, 6) is -0.154. The van der Waals surface area contributed by atoms with Crippen molar-refractivity contribution >= 4 is 5.91 Å². The molecule has 0 unspecified atom stereocenters. The van der Waals surface area contributed by atoms with Crippen molar-refractivity contribution in [3.8, 4) is 0 Å². The molecule has 0 spiro atoms. The van der Waals surface area contributed by atoms with E-state index in [1.54, 1.807) is 11.8 Å². The first-order valence-corrected chi connectivity index (χ1v) is 5.81. The van der Waals surface area contributed by atoms with Crippen LogP contribution in [0.15, 0.2) is 0 Å². The van der Waals surface area contributed by atoms with Crippen LogP contribution >= 0.6 is 0 Å². The Hall–Kier alpha value is -0.650. The van der Waals surface area contributed by atoms with E-state index in [0.717, 1.165) is 13.1 Å². The fourth-order valence-corrected chi connectivity index (χ4v) is 1.87. The van der Waals surface area contributed by atoms with Crippen LogP contribution in [0.25, 0.3) is 0 Å². The average Bonchev–Trinajstić information content (AvgIpc) is 2.28. The van der Waals surface area contributed by atoms with Crippen LogP contribution in [0.2, 0.25) is 0 Å². The zero-order valence-corrected chi connectivity index (χ0v) is 10.4. The molecule has 0 aromatic heterocycles. The lowest BCUT2D eigenvalue weighted by molar-refractivity contribution is -0.139. The molecule has 0 aromatic rings. The van der Waals surface area contributed by atoms with Gasteiger partial charge in [0.1, 0.15) is 5.54 Å². The first kappa shape index (κ1) is 13.4. The molecule has 5 nitrogen and oxygen atoms in total. The first-order chi connectivity index (χ1) is 7.38. The number of carbonyl (C=O) groups is 1. The van der Waals surface area contributed by atoms with Gasteiger partial charge in [0.25, 0.3) is 0 Å². The summed E-state index contributed by atoms with van der Waals surface area (Å²) in [5.41, 5.74) is 4.59. The van der Waals surface area contributed by atoms with Crippen molar-refractivity contribution in [2.24, 2.45) is 5.73 Å². The fourth-order valence-electron chi connectivity index (χ4n) is 1.87. The highest BCUT2D eigenvalue weighted by atomic mass is 16.3. The van der Waals surface area contributed by atoms with Gasteiger partial charge in [-0.05, 0) is 20.8 Å². The van der Waals surface area contributed by atoms with Gasteiger partial charge in [0.2, 0.25) is 5.91 Å². The maximum Gasteiger partial charge on any atom is 0.244 e. The number of aliphatic hydroxyl groups excluding tert-OH is 1. The molecule has 1 heterocycles. The average molecular weight is 229 g/mol. The molecule has 94 valence electrons. The van der Waals surface area contributed by atoms with Crippen LogP contribution in [0.5, 0.6) is 0 Å². The Kier molecular flexibility index (Phi) is 4.29. The third kappa shape index (κ3) is 2.93. The predicted octanol–water partition coefficient (Wildman–Crippen LogP) is -0.751. The van der Waals surface area contributed by atoms with Crippen molar-refractivity contribution in [2.75, 3.05) is 32.8 Å². The Bertz CT molecular complexity index is 246. The Balaban J connectivity index is 2.51. The number of rotatable bonds is 3. The topological polar surface area (TPSA) is 69.8 Å². The molecule has 0 aliphatic carbocycles. The lowest BCUT2D eigenvalue weighted by atomic mass is 10.0. The molecule has 1 fully saturated rings. The van der Waals surface area contributed by atoms with Crippen molar-refractivity contribution < 1.29 is 9.90 Å². The summed E-state index contributed by atoms with van der Waals surface area (Å²) in [6.45, 7) is 8.72. The van der Waals surface area contributed by atoms with Crippen molar-refractivity contribution in [3.05, 3.63) is 0 Å². The molecule has 16 heavy (non-hydrogen) atoms. The van der Waals surface area contributed by atoms with Crippen LogP contribution < -0.4 is 5.73 Å². The molecule has 1 aliphatic rings. The monoisotopic (exact) mass is 229 g/mol. The standard InChI is InChI=1S/C11H23N3O2/c1-9(2)13-4-6-14(7-5-13)10(16)11(3,12)8-15/h9,15H,4-8,12H2,1-3H3/t11-/m0/s1. The molecule has 0 aromatic carbocycles. The minimum Gasteiger partial charge on any atom is -0.394 e. The Morgan fingerprint density at radius 2 is 1.88 bits per heavy atom. The molecular weight excluding hydrogens is 206 g/mol. The highest BCUT2D eigenvalue weighted by Crippen LogP contribution is 2.10. The summed E-state index contributed by atoms with van der Waals surface area (Å²) in [5, 5.41) is 9.05. The summed E-state index contributed by atoms with van der Waals surface area (Å²) < 4.78 is 0. The molecular formula is C11H23N3O2. The molecule has 0 bridgehead atoms. The van der Waals surface area contributed by atoms with E-state index in [1.807, 2.05) is 0 Å². The summed E-state index contributed by atoms with van der Waals surface area (Å²) in [6, 6.07) is 0.513. The zero-order chi connectivity index (χ0) is 12.3. The fraction of sp³-hybridized carbons (Fsp3) is 0.909. The number of hydrogen-bond donors (Lipinski definition) is 2. The number of piperazine rings is 1. The highest BCUT2D eigenvalue weighted by Gasteiger charge is 2.33. The van der Waals surface area contributed by atoms with Crippen LogP contribution in [-0.4, -0.2) is 65.2 Å². The largest absolute Gasteiger partial charge is 0.394 e. The quantitative estimate of drug-likeness (QED) is 0.668. The summed E-state index contributed by atoms with van der Waals surface area (Å²) in [4.78, 5) is 16.0. The van der Waals surface area contributed by atoms with Gasteiger partial charge in [-0.2, -0.15) is 0 Å². The molecule has 1 amide bonds. The van der Waals surface area contributed by atoms with Crippen molar-refractivity contribution in [1.29, 1.82) is 0 Å². The van der Waals surface area contributed by atoms with Gasteiger partial charge in [-0.3, -0.25) is 9.69 Å². The number of aliphatic hydroxyl groups is 1. The summed E-state index contributed by atoms with van der Waals surface area (Å²) >= 11 is 0. The van der Waals surface area contributed by atoms with Gasteiger partial charge in [-0.15, -0.1) is 0 Å². The Morgan fingerprint density at radius 3 is 2.25 bits per heavy atom. The molecule has 0 radical (unpaired) electrons. The minimum absolute atomic E-state index is 0.154. The number of nitrogens with zero attached hydrogens (tertiary/aromatic N) is 2. The summed E-state index contributed by atoms with van der Waals surface area (Å²) in [6.07, 6.45) is 0. The molecule has 1 rings (SSSR count). The van der Waals surface area contributed by atoms with Gasteiger partial charge in [-0.25, -0.2) is 0 Å². The number of nitrogens with two attached hydrogens (primary N) is 1. The molecule has 1 atom stereocenters. The SMILES string of the molecule is CC(C)N1CCN(C(=O)[C@@](C)(N)CO)CC1. The molecule has 0 saturated carbocycles. The maximum absolute atomic E-state index is 11.9. The van der Waals surface area contributed by atoms with Gasteiger partial charge >= 0.3 is 0 Å². The first-order valence-electron chi connectivity index (χ1n) is 5.81. The molecule has 1 aliphatic heterocycles. The van der Waals surface area contributed by atoms with E-state index in [-0.39, 0.29) is 12.5 Å². The zero-order valence-electron chi connectivity index (χ0n) is 10.4. The van der Waals surface area contributed by atoms with E-state index < -0.39 is 5.54 Å². The van der Waals surface area contributed by atoms with Gasteiger partial charge in [-0.1, -0.05) is 0 Å². The van der Waals surface area contributed by atoms with Crippen LogP contribution in [0.1, 0.15) is 20.8 Å². The van der Waals surface area contributed by atoms with Crippen molar-refractivity contribution in [2.45, 2.75) is 32.4 Å². The Morgan fingerprint density at radius 1 is 1.38 bits per heavy atom. The van der Waals surface area contributed by atoms with E-state index in [9.17, 15) is 4.79 Å². The second kappa shape index (κ2) is 5.12. The van der Waals surface area contributed by atoms with Crippen molar-refractivity contribution in [1.82, 2.24) is 9.80 Å². The lowest BCUT2D eigenvalue weighted by Crippen LogP contribution is -2.60. The van der Waals surface area contributed by atoms with E-state index in [4.69, 9.17) is 10.8 Å². The van der Waals surface area contributed by atoms with E-state index >= 15 is 0 Å². The van der Waals surface area contributed by atoms with Crippen LogP contribution in [-0.2, 0) is 4.79 Å². The van der Waals surface area contributed by atoms with Crippen LogP contribution in [0, 0.1) is 0 Å². The van der Waals surface area contributed by atoms with Crippen molar-refractivity contribution in [3.63, 3.8) is 0 Å². The third-order valence-electron chi connectivity index (χ3n) is 3.15. The van der Waals surface area contributed by atoms with Crippen LogP contribution in [0.3, 0.4) is 0 Å². The predicted molar refractivity (Wildman–Crippen MR) is 63.0 cm³/mol. The number of amides is 1. The third-order valence-corrected chi connectivity index (χ3v) is 3.15. The van der Waals surface area contributed by atoms with Gasteiger partial charge in [0, 0.05) is 32.2 Å². The smallest absolute Gasteiger partial charge is 0.244 e. The van der Waals surface area contributed by atoms with Crippen LogP contribution in [0.4, 0.5) is 0 Å². The number of carbonyl (C=O) groups excluding carboxylic acids is 1. The summed E-state index contributed by atoms with van der Waals surface area (Å²) in [7, 11) is 0. The molecule has 5 heteroatoms. The second-order valence-electron chi connectivity index (χ2n) is 5.00. The number of hydrogen-bond acceptors (Lipinski definition) is 4. The normalized spacial score (nSPS) is 22.2. The van der Waals surface area contributed by atoms with E-state index in [2.05, 4.69) is 18.7 Å². The molecule has 3 N–H and O–H groups in total. The van der Waals surface area contributed by atoms with Gasteiger partial charge in [0.05, 0.1) is 6.61 Å². The second-order valence-corrected chi connectivity index (χ2v) is 5.00. The minimum atomic E-state index is -1.14. The van der Waals surface area contributed by atoms with Gasteiger partial charge < -0.3 is 15.7 Å². The lowest BCUT2D eigenvalue weighted by Gasteiger charge is -2.39. The Labute approximate surface area is 97.2 Å². The molecule has 1 saturated heterocycles. The van der Waals surface area contributed by atoms with E-state index in [1.165, 1.54) is 0 Å². The highest BCUT2D eigenvalue weighted by molar-refractivity contribution is 5.85. The van der Waals surface area contributed by atoms with E-state index in [0.29, 0.717) is 19.1 Å².